The highest BCUT2D eigenvalue weighted by Gasteiger charge is 2.42. The maximum Gasteiger partial charge on any atom is 0.306 e. The molecule has 13 heteroatoms. The van der Waals surface area contributed by atoms with Crippen molar-refractivity contribution in [2.45, 2.75) is 64.8 Å². The van der Waals surface area contributed by atoms with E-state index in [9.17, 15) is 19.2 Å². The molecule has 3 amide bonds. The Morgan fingerprint density at radius 2 is 1.93 bits per heavy atom. The van der Waals surface area contributed by atoms with Crippen LogP contribution in [-0.4, -0.2) is 61.4 Å². The number of carbonyl (C=O) groups is 4. The Hall–Kier alpha value is -4.68. The lowest BCUT2D eigenvalue weighted by Gasteiger charge is -2.28. The summed E-state index contributed by atoms with van der Waals surface area (Å²) >= 11 is 0. The first-order chi connectivity index (χ1) is 19.3. The Balaban J connectivity index is 1.49. The molecule has 0 radical (unpaired) electrons. The molecule has 0 aliphatic carbocycles. The smallest absolute Gasteiger partial charge is 0.306 e. The lowest BCUT2D eigenvalue weighted by Crippen LogP contribution is -2.55. The number of pyridine rings is 1. The number of tetrazole rings is 1. The lowest BCUT2D eigenvalue weighted by atomic mass is 10.1. The molecule has 0 fully saturated rings. The molecular formula is C27H32N8O5. The van der Waals surface area contributed by atoms with Crippen molar-refractivity contribution in [3.63, 3.8) is 0 Å². The molecular weight excluding hydrogens is 516 g/mol. The lowest BCUT2D eigenvalue weighted by molar-refractivity contribution is -0.145. The summed E-state index contributed by atoms with van der Waals surface area (Å²) in [6.07, 6.45) is 1.85. The number of nitrogens with zero attached hydrogens (tertiary/aromatic N) is 5. The van der Waals surface area contributed by atoms with Crippen LogP contribution in [0, 0.1) is 5.92 Å². The average molecular weight is 549 g/mol. The molecule has 3 aromatic rings. The maximum absolute atomic E-state index is 14.0. The molecule has 0 saturated heterocycles. The second-order valence-electron chi connectivity index (χ2n) is 9.86. The number of H-pyrrole nitrogens is 1. The minimum atomic E-state index is -1.07. The summed E-state index contributed by atoms with van der Waals surface area (Å²) < 4.78 is 5.36. The molecule has 2 aromatic heterocycles. The number of ether oxygens (including phenoxy) is 1. The van der Waals surface area contributed by atoms with E-state index in [-0.39, 0.29) is 56.5 Å². The number of aromatic amines is 1. The maximum atomic E-state index is 14.0. The second kappa shape index (κ2) is 13.4. The first-order valence-corrected chi connectivity index (χ1v) is 13.1. The van der Waals surface area contributed by atoms with E-state index in [1.807, 2.05) is 44.2 Å². The van der Waals surface area contributed by atoms with E-state index < -0.39 is 29.9 Å². The molecule has 0 spiro atoms. The van der Waals surface area contributed by atoms with Gasteiger partial charge >= 0.3 is 5.97 Å². The van der Waals surface area contributed by atoms with E-state index in [0.717, 1.165) is 5.56 Å². The fourth-order valence-electron chi connectivity index (χ4n) is 4.38. The molecule has 3 N–H and O–H groups in total. The van der Waals surface area contributed by atoms with Gasteiger partial charge in [-0.15, -0.1) is 10.2 Å². The molecule has 40 heavy (non-hydrogen) atoms. The predicted molar refractivity (Wildman–Crippen MR) is 142 cm³/mol. The third-order valence-corrected chi connectivity index (χ3v) is 6.28. The molecule has 4 rings (SSSR count). The van der Waals surface area contributed by atoms with Gasteiger partial charge in [-0.3, -0.25) is 24.1 Å². The average Bonchev–Trinajstić information content (AvgIpc) is 3.61. The third-order valence-electron chi connectivity index (χ3n) is 6.28. The summed E-state index contributed by atoms with van der Waals surface area (Å²) in [5.74, 6) is -1.13. The van der Waals surface area contributed by atoms with Gasteiger partial charge in [0.2, 0.25) is 11.8 Å². The van der Waals surface area contributed by atoms with Gasteiger partial charge in [-0.25, -0.2) is 4.98 Å². The molecule has 1 aliphatic rings. The van der Waals surface area contributed by atoms with Crippen LogP contribution in [0.5, 0.6) is 0 Å². The zero-order chi connectivity index (χ0) is 28.5. The number of nitrogens with one attached hydrogen (secondary N) is 3. The highest BCUT2D eigenvalue weighted by atomic mass is 16.5. The number of fused-ring (bicyclic) bond motifs is 1. The monoisotopic (exact) mass is 548 g/mol. The van der Waals surface area contributed by atoms with Crippen molar-refractivity contribution in [3.8, 4) is 0 Å². The van der Waals surface area contributed by atoms with E-state index in [2.05, 4.69) is 36.2 Å². The minimum Gasteiger partial charge on any atom is -0.461 e. The molecule has 13 nitrogen and oxygen atoms in total. The van der Waals surface area contributed by atoms with Crippen LogP contribution in [0.25, 0.3) is 0 Å². The van der Waals surface area contributed by atoms with E-state index in [0.29, 0.717) is 11.4 Å². The molecule has 0 unspecified atom stereocenters. The van der Waals surface area contributed by atoms with Gasteiger partial charge in [0.25, 0.3) is 5.91 Å². The van der Waals surface area contributed by atoms with Crippen molar-refractivity contribution in [3.05, 3.63) is 65.6 Å². The van der Waals surface area contributed by atoms with Crippen molar-refractivity contribution < 1.29 is 23.9 Å². The predicted octanol–water partition coefficient (Wildman–Crippen LogP) is 1.22. The van der Waals surface area contributed by atoms with Gasteiger partial charge in [0.05, 0.1) is 6.54 Å². The van der Waals surface area contributed by atoms with E-state index >= 15 is 0 Å². The molecule has 1 aromatic carbocycles. The second-order valence-corrected chi connectivity index (χ2v) is 9.86. The summed E-state index contributed by atoms with van der Waals surface area (Å²) in [6.45, 7) is 3.90. The topological polar surface area (TPSA) is 172 Å². The molecule has 210 valence electrons. The Labute approximate surface area is 231 Å². The van der Waals surface area contributed by atoms with Crippen LogP contribution in [0.3, 0.4) is 0 Å². The number of benzene rings is 1. The number of carbonyl (C=O) groups excluding carboxylic acids is 4. The SMILES string of the molecule is CC(C)CC(=O)N[C@@H](CCC(=O)OCc1ccccc1)C(=O)N1c2ncccc2C[C@H]1C(=O)NCc1nn[nH]n1. The van der Waals surface area contributed by atoms with Crippen molar-refractivity contribution in [1.82, 2.24) is 36.2 Å². The van der Waals surface area contributed by atoms with E-state index in [4.69, 9.17) is 4.74 Å². The van der Waals surface area contributed by atoms with Crippen molar-refractivity contribution in [1.29, 1.82) is 0 Å². The standard InChI is InChI=1S/C27H32N8O5/c1-17(2)13-23(36)30-20(10-11-24(37)40-16-18-7-4-3-5-8-18)27(39)35-21(14-19-9-6-12-28-25(19)35)26(38)29-15-22-31-33-34-32-22/h3-9,12,17,20-21H,10-11,13-16H2,1-2H3,(H,29,38)(H,30,36)(H,31,32,33,34)/t20-,21-/m0/s1. The number of amides is 3. The van der Waals surface area contributed by atoms with Crippen LogP contribution in [-0.2, 0) is 43.5 Å². The zero-order valence-electron chi connectivity index (χ0n) is 22.4. The number of hydrogen-bond donors (Lipinski definition) is 3. The fourth-order valence-corrected chi connectivity index (χ4v) is 4.38. The first kappa shape index (κ1) is 28.3. The van der Waals surface area contributed by atoms with Gasteiger partial charge < -0.3 is 15.4 Å². The van der Waals surface area contributed by atoms with Crippen LogP contribution in [0.2, 0.25) is 0 Å². The number of hydrogen-bond acceptors (Lipinski definition) is 9. The number of esters is 1. The van der Waals surface area contributed by atoms with Gasteiger partial charge in [-0.1, -0.05) is 55.5 Å². The van der Waals surface area contributed by atoms with Crippen LogP contribution in [0.1, 0.15) is 50.1 Å². The number of rotatable bonds is 12. The summed E-state index contributed by atoms with van der Waals surface area (Å²) in [4.78, 5) is 58.1. The molecule has 1 aliphatic heterocycles. The molecule has 3 heterocycles. The summed E-state index contributed by atoms with van der Waals surface area (Å²) in [7, 11) is 0. The Morgan fingerprint density at radius 1 is 1.12 bits per heavy atom. The molecule has 0 bridgehead atoms. The van der Waals surface area contributed by atoms with Crippen LogP contribution < -0.4 is 15.5 Å². The highest BCUT2D eigenvalue weighted by molar-refractivity contribution is 6.06. The first-order valence-electron chi connectivity index (χ1n) is 13.1. The largest absolute Gasteiger partial charge is 0.461 e. The van der Waals surface area contributed by atoms with Gasteiger partial charge in [-0.05, 0) is 29.5 Å². The van der Waals surface area contributed by atoms with Gasteiger partial charge in [-0.2, -0.15) is 5.21 Å². The Kier molecular flexibility index (Phi) is 9.49. The van der Waals surface area contributed by atoms with Crippen LogP contribution in [0.4, 0.5) is 5.82 Å². The number of aromatic nitrogens is 5. The zero-order valence-corrected chi connectivity index (χ0v) is 22.4. The van der Waals surface area contributed by atoms with Crippen molar-refractivity contribution in [2.75, 3.05) is 4.90 Å². The van der Waals surface area contributed by atoms with Crippen molar-refractivity contribution in [2.24, 2.45) is 5.92 Å². The van der Waals surface area contributed by atoms with Crippen LogP contribution in [0.15, 0.2) is 48.7 Å². The van der Waals surface area contributed by atoms with Gasteiger partial charge in [0.15, 0.2) is 5.82 Å². The Morgan fingerprint density at radius 3 is 2.65 bits per heavy atom. The van der Waals surface area contributed by atoms with Crippen molar-refractivity contribution >= 4 is 29.5 Å². The highest BCUT2D eigenvalue weighted by Crippen LogP contribution is 2.31. The Bertz CT molecular complexity index is 1320. The number of anilines is 1. The van der Waals surface area contributed by atoms with E-state index in [1.54, 1.807) is 12.1 Å². The molecule has 2 atom stereocenters. The summed E-state index contributed by atoms with van der Waals surface area (Å²) in [6, 6.07) is 10.8. The molecule has 0 saturated carbocycles. The van der Waals surface area contributed by atoms with Gasteiger partial charge in [0.1, 0.15) is 24.5 Å². The van der Waals surface area contributed by atoms with Gasteiger partial charge in [0, 0.05) is 25.5 Å². The van der Waals surface area contributed by atoms with E-state index in [1.165, 1.54) is 11.1 Å². The fraction of sp³-hybridized carbons (Fsp3) is 0.407. The quantitative estimate of drug-likeness (QED) is 0.281. The minimum absolute atomic E-state index is 0.00778. The normalized spacial score (nSPS) is 14.9. The van der Waals surface area contributed by atoms with Crippen LogP contribution >= 0.6 is 0 Å². The summed E-state index contributed by atoms with van der Waals surface area (Å²) in [5.41, 5.74) is 1.55. The summed E-state index contributed by atoms with van der Waals surface area (Å²) in [5, 5.41) is 18.9. The third kappa shape index (κ3) is 7.46.